The van der Waals surface area contributed by atoms with Gasteiger partial charge in [-0.3, -0.25) is 10.1 Å². The summed E-state index contributed by atoms with van der Waals surface area (Å²) in [7, 11) is 0. The molecule has 3 heterocycles. The third kappa shape index (κ3) is 2.85. The lowest BCUT2D eigenvalue weighted by atomic mass is 9.86. The quantitative estimate of drug-likeness (QED) is 0.535. The van der Waals surface area contributed by atoms with Crippen LogP contribution < -0.4 is 5.32 Å². The number of nitriles is 1. The molecule has 0 spiro atoms. The molecule has 0 saturated heterocycles. The molecule has 4 aromatic rings. The second kappa shape index (κ2) is 6.74. The molecule has 1 aliphatic rings. The number of benzene rings is 1. The van der Waals surface area contributed by atoms with Crippen LogP contribution in [0.25, 0.3) is 22.4 Å². The number of aromatic amines is 1. The average molecular weight is 384 g/mol. The summed E-state index contributed by atoms with van der Waals surface area (Å²) in [6.07, 6.45) is 6.11. The minimum atomic E-state index is 0.113. The number of hydrogen-bond acceptors (Lipinski definition) is 6. The Balaban J connectivity index is 1.53. The second-order valence-corrected chi connectivity index (χ2v) is 7.46. The van der Waals surface area contributed by atoms with Crippen molar-refractivity contribution in [1.29, 1.82) is 5.26 Å². The number of nitrogens with zero attached hydrogens (tertiary/aromatic N) is 4. The molecule has 0 unspecified atom stereocenters. The molecule has 29 heavy (non-hydrogen) atoms. The van der Waals surface area contributed by atoms with Gasteiger partial charge >= 0.3 is 0 Å². The number of hydrogen-bond donors (Lipinski definition) is 2. The Morgan fingerprint density at radius 3 is 3.00 bits per heavy atom. The van der Waals surface area contributed by atoms with Gasteiger partial charge in [0.05, 0.1) is 34.7 Å². The van der Waals surface area contributed by atoms with Gasteiger partial charge in [0.25, 0.3) is 0 Å². The number of pyridine rings is 1. The van der Waals surface area contributed by atoms with Crippen molar-refractivity contribution in [2.45, 2.75) is 39.2 Å². The van der Waals surface area contributed by atoms with E-state index in [0.717, 1.165) is 58.5 Å². The van der Waals surface area contributed by atoms with Gasteiger partial charge in [-0.05, 0) is 62.4 Å². The van der Waals surface area contributed by atoms with Crippen molar-refractivity contribution in [2.75, 3.05) is 5.32 Å². The van der Waals surface area contributed by atoms with Gasteiger partial charge in [-0.15, -0.1) is 0 Å². The van der Waals surface area contributed by atoms with Gasteiger partial charge in [-0.25, -0.2) is 4.98 Å². The van der Waals surface area contributed by atoms with Crippen LogP contribution in [0, 0.1) is 25.2 Å². The SMILES string of the molecule is Cc1nc2c(c(C)c1C#N)CCC[C@H]2Nc1ccc2[nH]nc(-c3cnco3)c2c1. The van der Waals surface area contributed by atoms with E-state index < -0.39 is 0 Å². The fraction of sp³-hybridized carbons (Fsp3) is 0.273. The zero-order chi connectivity index (χ0) is 20.0. The lowest BCUT2D eigenvalue weighted by Gasteiger charge is -2.28. The van der Waals surface area contributed by atoms with Crippen molar-refractivity contribution < 1.29 is 4.42 Å². The van der Waals surface area contributed by atoms with E-state index in [4.69, 9.17) is 9.40 Å². The average Bonchev–Trinajstić information content (AvgIpc) is 3.38. The maximum absolute atomic E-state index is 9.46. The number of H-pyrrole nitrogens is 1. The van der Waals surface area contributed by atoms with Gasteiger partial charge in [0.15, 0.2) is 12.2 Å². The number of oxazole rings is 1. The molecule has 7 nitrogen and oxygen atoms in total. The normalized spacial score (nSPS) is 15.8. The first-order valence-corrected chi connectivity index (χ1v) is 9.69. The van der Waals surface area contributed by atoms with Crippen LogP contribution in [0.2, 0.25) is 0 Å². The van der Waals surface area contributed by atoms with E-state index in [1.807, 2.05) is 26.0 Å². The van der Waals surface area contributed by atoms with Crippen molar-refractivity contribution in [3.63, 3.8) is 0 Å². The molecular formula is C22H20N6O. The molecule has 0 amide bonds. The van der Waals surface area contributed by atoms with Crippen molar-refractivity contribution in [2.24, 2.45) is 0 Å². The highest BCUT2D eigenvalue weighted by atomic mass is 16.3. The maximum Gasteiger partial charge on any atom is 0.181 e. The molecular weight excluding hydrogens is 364 g/mol. The smallest absolute Gasteiger partial charge is 0.181 e. The van der Waals surface area contributed by atoms with Gasteiger partial charge in [-0.1, -0.05) is 0 Å². The highest BCUT2D eigenvalue weighted by Crippen LogP contribution is 2.36. The van der Waals surface area contributed by atoms with E-state index >= 15 is 0 Å². The monoisotopic (exact) mass is 384 g/mol. The van der Waals surface area contributed by atoms with Crippen molar-refractivity contribution >= 4 is 16.6 Å². The Bertz CT molecular complexity index is 1250. The number of rotatable bonds is 3. The molecule has 0 fully saturated rings. The lowest BCUT2D eigenvalue weighted by molar-refractivity contribution is 0.570. The van der Waals surface area contributed by atoms with E-state index in [0.29, 0.717) is 11.3 Å². The zero-order valence-corrected chi connectivity index (χ0v) is 16.3. The number of aryl methyl sites for hydroxylation is 1. The predicted octanol–water partition coefficient (Wildman–Crippen LogP) is 4.59. The number of nitrogens with one attached hydrogen (secondary N) is 2. The Labute approximate surface area is 167 Å². The summed E-state index contributed by atoms with van der Waals surface area (Å²) in [4.78, 5) is 8.80. The summed E-state index contributed by atoms with van der Waals surface area (Å²) < 4.78 is 5.42. The minimum Gasteiger partial charge on any atom is -0.442 e. The molecule has 3 aromatic heterocycles. The Morgan fingerprint density at radius 2 is 2.21 bits per heavy atom. The van der Waals surface area contributed by atoms with Crippen LogP contribution in [-0.2, 0) is 6.42 Å². The number of aromatic nitrogens is 4. The summed E-state index contributed by atoms with van der Waals surface area (Å²) in [6, 6.07) is 8.55. The fourth-order valence-corrected chi connectivity index (χ4v) is 4.27. The summed E-state index contributed by atoms with van der Waals surface area (Å²) in [5, 5.41) is 21.5. The van der Waals surface area contributed by atoms with E-state index in [9.17, 15) is 5.26 Å². The lowest BCUT2D eigenvalue weighted by Crippen LogP contribution is -2.21. The first-order chi connectivity index (χ1) is 14.2. The molecule has 0 saturated carbocycles. The molecule has 0 aliphatic heterocycles. The molecule has 1 atom stereocenters. The molecule has 1 aromatic carbocycles. The van der Waals surface area contributed by atoms with E-state index in [1.165, 1.54) is 12.0 Å². The van der Waals surface area contributed by atoms with Crippen LogP contribution >= 0.6 is 0 Å². The molecule has 0 radical (unpaired) electrons. The van der Waals surface area contributed by atoms with Crippen LogP contribution in [-0.4, -0.2) is 20.2 Å². The summed E-state index contributed by atoms with van der Waals surface area (Å²) in [5.41, 5.74) is 7.54. The van der Waals surface area contributed by atoms with Crippen molar-refractivity contribution in [3.8, 4) is 17.5 Å². The number of anilines is 1. The molecule has 1 aliphatic carbocycles. The maximum atomic E-state index is 9.46. The summed E-state index contributed by atoms with van der Waals surface area (Å²) in [5.74, 6) is 0.633. The highest BCUT2D eigenvalue weighted by Gasteiger charge is 2.25. The third-order valence-electron chi connectivity index (χ3n) is 5.72. The van der Waals surface area contributed by atoms with E-state index in [-0.39, 0.29) is 6.04 Å². The van der Waals surface area contributed by atoms with E-state index in [2.05, 4.69) is 32.6 Å². The Kier molecular flexibility index (Phi) is 4.06. The number of fused-ring (bicyclic) bond motifs is 2. The molecule has 7 heteroatoms. The summed E-state index contributed by atoms with van der Waals surface area (Å²) >= 11 is 0. The molecule has 2 N–H and O–H groups in total. The molecule has 5 rings (SSSR count). The van der Waals surface area contributed by atoms with Crippen molar-refractivity contribution in [3.05, 3.63) is 58.9 Å². The second-order valence-electron chi connectivity index (χ2n) is 7.46. The van der Waals surface area contributed by atoms with Gasteiger partial charge in [0.2, 0.25) is 0 Å². The Hall–Kier alpha value is -3.66. The van der Waals surface area contributed by atoms with E-state index in [1.54, 1.807) is 6.20 Å². The van der Waals surface area contributed by atoms with Crippen LogP contribution in [0.15, 0.2) is 35.2 Å². The first-order valence-electron chi connectivity index (χ1n) is 9.69. The Morgan fingerprint density at radius 1 is 1.31 bits per heavy atom. The van der Waals surface area contributed by atoms with Crippen molar-refractivity contribution in [1.82, 2.24) is 20.2 Å². The highest BCUT2D eigenvalue weighted by molar-refractivity contribution is 5.93. The first kappa shape index (κ1) is 17.4. The zero-order valence-electron chi connectivity index (χ0n) is 16.3. The largest absolute Gasteiger partial charge is 0.442 e. The van der Waals surface area contributed by atoms with Gasteiger partial charge in [-0.2, -0.15) is 10.4 Å². The van der Waals surface area contributed by atoms with Crippen LogP contribution in [0.4, 0.5) is 5.69 Å². The molecule has 0 bridgehead atoms. The van der Waals surface area contributed by atoms with Gasteiger partial charge in [0, 0.05) is 11.1 Å². The van der Waals surface area contributed by atoms with Gasteiger partial charge < -0.3 is 9.73 Å². The molecule has 144 valence electrons. The standard InChI is InChI=1S/C22H20N6O/c1-12-15-4-3-5-19(21(15)25-13(2)17(12)9-23)26-14-6-7-18-16(8-14)22(28-27-18)20-10-24-11-29-20/h6-8,10-11,19,26H,3-5H2,1-2H3,(H,27,28)/t19-/m1/s1. The van der Waals surface area contributed by atoms with Crippen LogP contribution in [0.3, 0.4) is 0 Å². The third-order valence-corrected chi connectivity index (χ3v) is 5.72. The van der Waals surface area contributed by atoms with Gasteiger partial charge in [0.1, 0.15) is 11.8 Å². The fourth-order valence-electron chi connectivity index (χ4n) is 4.27. The predicted molar refractivity (Wildman–Crippen MR) is 109 cm³/mol. The summed E-state index contributed by atoms with van der Waals surface area (Å²) in [6.45, 7) is 3.95. The van der Waals surface area contributed by atoms with Crippen LogP contribution in [0.5, 0.6) is 0 Å². The van der Waals surface area contributed by atoms with Crippen LogP contribution in [0.1, 0.15) is 47.0 Å². The topological polar surface area (TPSA) is 103 Å². The minimum absolute atomic E-state index is 0.113.